The van der Waals surface area contributed by atoms with Gasteiger partial charge in [-0.05, 0) is 31.7 Å². The maximum atomic E-state index is 11.9. The number of carbonyl (C=O) groups is 2. The molecule has 0 aromatic heterocycles. The van der Waals surface area contributed by atoms with E-state index in [4.69, 9.17) is 5.73 Å². The van der Waals surface area contributed by atoms with Gasteiger partial charge in [-0.15, -0.1) is 0 Å². The van der Waals surface area contributed by atoms with Gasteiger partial charge in [-0.25, -0.2) is 0 Å². The average molecular weight is 292 g/mol. The van der Waals surface area contributed by atoms with Crippen LogP contribution >= 0.6 is 0 Å². The molecule has 0 bridgehead atoms. The van der Waals surface area contributed by atoms with E-state index in [9.17, 15) is 9.59 Å². The van der Waals surface area contributed by atoms with Crippen LogP contribution in [-0.4, -0.2) is 42.9 Å². The summed E-state index contributed by atoms with van der Waals surface area (Å²) in [7, 11) is 0. The number of benzene rings is 1. The number of nitrogens with two attached hydrogens (primary N) is 1. The van der Waals surface area contributed by atoms with E-state index in [0.29, 0.717) is 37.4 Å². The molecule has 0 heterocycles. The summed E-state index contributed by atoms with van der Waals surface area (Å²) in [6, 6.07) is 7.06. The standard InChI is InChI=1S/C15H24N4O2/c1-3-17-15(21)11-19(4-2)9-8-14(20)18-13-7-5-6-12(16)10-13/h5-7,10H,3-4,8-9,11,16H2,1-2H3,(H,17,21)(H,18,20). The second-order valence-corrected chi connectivity index (χ2v) is 4.75. The predicted molar refractivity (Wildman–Crippen MR) is 84.9 cm³/mol. The quantitative estimate of drug-likeness (QED) is 0.625. The number of anilines is 2. The van der Waals surface area contributed by atoms with Gasteiger partial charge in [-0.1, -0.05) is 13.0 Å². The molecule has 1 aromatic rings. The lowest BCUT2D eigenvalue weighted by molar-refractivity contribution is -0.123. The lowest BCUT2D eigenvalue weighted by Crippen LogP contribution is -2.38. The van der Waals surface area contributed by atoms with Crippen molar-refractivity contribution in [2.75, 3.05) is 37.2 Å². The second-order valence-electron chi connectivity index (χ2n) is 4.75. The zero-order chi connectivity index (χ0) is 15.7. The molecule has 1 aromatic carbocycles. The lowest BCUT2D eigenvalue weighted by atomic mass is 10.2. The van der Waals surface area contributed by atoms with Crippen LogP contribution in [0.5, 0.6) is 0 Å². The molecule has 0 aliphatic carbocycles. The van der Waals surface area contributed by atoms with Gasteiger partial charge in [0, 0.05) is 30.9 Å². The number of amides is 2. The first-order valence-electron chi connectivity index (χ1n) is 7.19. The van der Waals surface area contributed by atoms with Crippen LogP contribution in [0.25, 0.3) is 0 Å². The maximum Gasteiger partial charge on any atom is 0.234 e. The highest BCUT2D eigenvalue weighted by atomic mass is 16.2. The highest BCUT2D eigenvalue weighted by molar-refractivity contribution is 5.91. The number of carbonyl (C=O) groups excluding carboxylic acids is 2. The van der Waals surface area contributed by atoms with Crippen molar-refractivity contribution >= 4 is 23.2 Å². The van der Waals surface area contributed by atoms with Crippen LogP contribution in [0.1, 0.15) is 20.3 Å². The van der Waals surface area contributed by atoms with Gasteiger partial charge in [0.15, 0.2) is 0 Å². The smallest absolute Gasteiger partial charge is 0.234 e. The Labute approximate surface area is 125 Å². The van der Waals surface area contributed by atoms with Crippen LogP contribution in [0.2, 0.25) is 0 Å². The first-order chi connectivity index (χ1) is 10.0. The minimum atomic E-state index is -0.0880. The third kappa shape index (κ3) is 6.76. The topological polar surface area (TPSA) is 87.5 Å². The van der Waals surface area contributed by atoms with Crippen molar-refractivity contribution in [1.29, 1.82) is 0 Å². The van der Waals surface area contributed by atoms with Gasteiger partial charge in [-0.2, -0.15) is 0 Å². The molecule has 0 radical (unpaired) electrons. The van der Waals surface area contributed by atoms with Crippen LogP contribution in [0.4, 0.5) is 11.4 Å². The Balaban J connectivity index is 2.38. The Bertz CT molecular complexity index is 476. The third-order valence-corrected chi connectivity index (χ3v) is 3.01. The first kappa shape index (κ1) is 17.0. The van der Waals surface area contributed by atoms with Crippen LogP contribution in [0.15, 0.2) is 24.3 Å². The Kier molecular flexibility index (Phi) is 7.25. The molecular weight excluding hydrogens is 268 g/mol. The van der Waals surface area contributed by atoms with Gasteiger partial charge >= 0.3 is 0 Å². The fourth-order valence-corrected chi connectivity index (χ4v) is 1.90. The minimum absolute atomic E-state index is 0.0180. The van der Waals surface area contributed by atoms with Crippen LogP contribution in [-0.2, 0) is 9.59 Å². The number of nitrogen functional groups attached to an aromatic ring is 1. The maximum absolute atomic E-state index is 11.9. The Morgan fingerprint density at radius 1 is 1.24 bits per heavy atom. The number of rotatable bonds is 8. The zero-order valence-corrected chi connectivity index (χ0v) is 12.7. The van der Waals surface area contributed by atoms with Crippen molar-refractivity contribution in [2.24, 2.45) is 0 Å². The van der Waals surface area contributed by atoms with E-state index >= 15 is 0 Å². The summed E-state index contributed by atoms with van der Waals surface area (Å²) in [5.74, 6) is -0.106. The zero-order valence-electron chi connectivity index (χ0n) is 12.7. The fraction of sp³-hybridized carbons (Fsp3) is 0.467. The predicted octanol–water partition coefficient (Wildman–Crippen LogP) is 1.06. The molecule has 116 valence electrons. The average Bonchev–Trinajstić information content (AvgIpc) is 2.43. The normalized spacial score (nSPS) is 10.4. The van der Waals surface area contributed by atoms with Gasteiger partial charge in [0.2, 0.25) is 11.8 Å². The minimum Gasteiger partial charge on any atom is -0.399 e. The van der Waals surface area contributed by atoms with E-state index in [1.54, 1.807) is 24.3 Å². The summed E-state index contributed by atoms with van der Waals surface area (Å²) in [5.41, 5.74) is 6.95. The van der Waals surface area contributed by atoms with Gasteiger partial charge in [0.1, 0.15) is 0 Å². The van der Waals surface area contributed by atoms with Gasteiger partial charge in [-0.3, -0.25) is 14.5 Å². The molecule has 0 aliphatic rings. The van der Waals surface area contributed by atoms with Crippen molar-refractivity contribution in [3.63, 3.8) is 0 Å². The summed E-state index contributed by atoms with van der Waals surface area (Å²) in [6.45, 7) is 6.05. The first-order valence-corrected chi connectivity index (χ1v) is 7.19. The summed E-state index contributed by atoms with van der Waals surface area (Å²) in [5, 5.41) is 5.54. The van der Waals surface area contributed by atoms with Crippen LogP contribution in [0.3, 0.4) is 0 Å². The molecule has 21 heavy (non-hydrogen) atoms. The summed E-state index contributed by atoms with van der Waals surface area (Å²) >= 11 is 0. The third-order valence-electron chi connectivity index (χ3n) is 3.01. The molecule has 0 saturated heterocycles. The Hall–Kier alpha value is -2.08. The van der Waals surface area contributed by atoms with Crippen molar-refractivity contribution in [3.05, 3.63) is 24.3 Å². The summed E-state index contributed by atoms with van der Waals surface area (Å²) in [6.07, 6.45) is 0.335. The molecule has 6 heteroatoms. The van der Waals surface area contributed by atoms with E-state index in [2.05, 4.69) is 10.6 Å². The van der Waals surface area contributed by atoms with Crippen molar-refractivity contribution in [1.82, 2.24) is 10.2 Å². The number of likely N-dealkylation sites (N-methyl/N-ethyl adjacent to an activating group) is 2. The largest absolute Gasteiger partial charge is 0.399 e. The molecule has 0 aliphatic heterocycles. The second kappa shape index (κ2) is 8.97. The van der Waals surface area contributed by atoms with E-state index in [1.807, 2.05) is 18.7 Å². The SMILES string of the molecule is CCNC(=O)CN(CC)CCC(=O)Nc1cccc(N)c1. The number of nitrogens with one attached hydrogen (secondary N) is 2. The molecule has 1 rings (SSSR count). The molecule has 0 fully saturated rings. The summed E-state index contributed by atoms with van der Waals surface area (Å²) in [4.78, 5) is 25.3. The Morgan fingerprint density at radius 2 is 2.00 bits per heavy atom. The number of hydrogen-bond acceptors (Lipinski definition) is 4. The van der Waals surface area contributed by atoms with Gasteiger partial charge in [0.05, 0.1) is 6.54 Å². The van der Waals surface area contributed by atoms with E-state index < -0.39 is 0 Å². The monoisotopic (exact) mass is 292 g/mol. The molecule has 6 nitrogen and oxygen atoms in total. The lowest BCUT2D eigenvalue weighted by Gasteiger charge is -2.19. The van der Waals surface area contributed by atoms with E-state index in [-0.39, 0.29) is 11.8 Å². The van der Waals surface area contributed by atoms with E-state index in [0.717, 1.165) is 6.54 Å². The molecule has 0 unspecified atom stereocenters. The molecule has 0 atom stereocenters. The highest BCUT2D eigenvalue weighted by Gasteiger charge is 2.10. The van der Waals surface area contributed by atoms with Crippen molar-refractivity contribution < 1.29 is 9.59 Å². The summed E-state index contributed by atoms with van der Waals surface area (Å²) < 4.78 is 0. The number of hydrogen-bond donors (Lipinski definition) is 3. The molecular formula is C15H24N4O2. The van der Waals surface area contributed by atoms with Crippen LogP contribution in [0, 0.1) is 0 Å². The van der Waals surface area contributed by atoms with Gasteiger partial charge < -0.3 is 16.4 Å². The van der Waals surface area contributed by atoms with Gasteiger partial charge in [0.25, 0.3) is 0 Å². The molecule has 4 N–H and O–H groups in total. The molecule has 0 spiro atoms. The Morgan fingerprint density at radius 3 is 2.62 bits per heavy atom. The van der Waals surface area contributed by atoms with Crippen molar-refractivity contribution in [3.8, 4) is 0 Å². The fourth-order valence-electron chi connectivity index (χ4n) is 1.90. The highest BCUT2D eigenvalue weighted by Crippen LogP contribution is 2.11. The number of nitrogens with zero attached hydrogens (tertiary/aromatic N) is 1. The molecule has 0 saturated carbocycles. The molecule has 2 amide bonds. The van der Waals surface area contributed by atoms with Crippen LogP contribution < -0.4 is 16.4 Å². The van der Waals surface area contributed by atoms with Crippen molar-refractivity contribution in [2.45, 2.75) is 20.3 Å². The van der Waals surface area contributed by atoms with E-state index in [1.165, 1.54) is 0 Å².